The van der Waals surface area contributed by atoms with Crippen LogP contribution < -0.4 is 0 Å². The molecule has 0 radical (unpaired) electrons. The van der Waals surface area contributed by atoms with Crippen molar-refractivity contribution >= 4 is 22.8 Å². The zero-order valence-corrected chi connectivity index (χ0v) is 15.6. The highest BCUT2D eigenvalue weighted by molar-refractivity contribution is 6.02. The number of para-hydroxylation sites is 2. The van der Waals surface area contributed by atoms with Crippen molar-refractivity contribution in [3.63, 3.8) is 0 Å². The zero-order chi connectivity index (χ0) is 19.9. The summed E-state index contributed by atoms with van der Waals surface area (Å²) in [4.78, 5) is 13.8. The van der Waals surface area contributed by atoms with E-state index in [9.17, 15) is 10.5 Å². The molecule has 3 aromatic rings. The molecular weight excluding hydrogens is 346 g/mol. The Hall–Kier alpha value is -4.09. The van der Waals surface area contributed by atoms with E-state index in [-0.39, 0.29) is 0 Å². The molecule has 0 aliphatic carbocycles. The van der Waals surface area contributed by atoms with Gasteiger partial charge in [-0.3, -0.25) is 9.98 Å². The molecule has 0 saturated carbocycles. The van der Waals surface area contributed by atoms with Gasteiger partial charge in [-0.25, -0.2) is 4.98 Å². The van der Waals surface area contributed by atoms with Crippen LogP contribution in [0, 0.1) is 22.7 Å². The molecule has 5 nitrogen and oxygen atoms in total. The number of hydrogen-bond donors (Lipinski definition) is 0. The van der Waals surface area contributed by atoms with E-state index in [0.29, 0.717) is 45.3 Å². The van der Waals surface area contributed by atoms with E-state index in [1.165, 1.54) is 0 Å². The Morgan fingerprint density at radius 3 is 1.54 bits per heavy atom. The Morgan fingerprint density at radius 2 is 1.11 bits per heavy atom. The van der Waals surface area contributed by atoms with Crippen LogP contribution >= 0.6 is 0 Å². The number of hydrogen-bond acceptors (Lipinski definition) is 5. The molecule has 0 atom stereocenters. The monoisotopic (exact) mass is 363 g/mol. The van der Waals surface area contributed by atoms with E-state index in [1.54, 1.807) is 24.3 Å². The van der Waals surface area contributed by atoms with Crippen LogP contribution in [0.1, 0.15) is 36.4 Å². The number of nitriles is 2. The van der Waals surface area contributed by atoms with E-state index < -0.39 is 0 Å². The van der Waals surface area contributed by atoms with Crippen molar-refractivity contribution in [2.75, 3.05) is 0 Å². The summed E-state index contributed by atoms with van der Waals surface area (Å²) in [5.74, 6) is 0. The Kier molecular flexibility index (Phi) is 5.69. The predicted octanol–water partition coefficient (Wildman–Crippen LogP) is 5.11. The quantitative estimate of drug-likeness (QED) is 0.604. The number of aliphatic imine (C=N–C) groups is 2. The summed E-state index contributed by atoms with van der Waals surface area (Å²) in [6.07, 6.45) is 0. The summed E-state index contributed by atoms with van der Waals surface area (Å²) in [6.45, 7) is 3.72. The standard InChI is InChI=1S/C23H17N5/c1-16(26-22-10-5-3-8-18(22)14-24)20-12-7-13-21(28-20)17(2)27-23-11-6-4-9-19(23)15-25/h3-13H,1-2H3. The second-order valence-corrected chi connectivity index (χ2v) is 6.06. The van der Waals surface area contributed by atoms with Gasteiger partial charge >= 0.3 is 0 Å². The van der Waals surface area contributed by atoms with Gasteiger partial charge in [0.1, 0.15) is 12.1 Å². The minimum atomic E-state index is 0.517. The first-order valence-electron chi connectivity index (χ1n) is 8.69. The molecule has 0 fully saturated rings. The molecule has 2 aromatic carbocycles. The fourth-order valence-corrected chi connectivity index (χ4v) is 2.64. The van der Waals surface area contributed by atoms with Gasteiger partial charge in [0.25, 0.3) is 0 Å². The Morgan fingerprint density at radius 1 is 0.679 bits per heavy atom. The fraction of sp³-hybridized carbons (Fsp3) is 0.0870. The number of benzene rings is 2. The molecule has 5 heteroatoms. The molecule has 28 heavy (non-hydrogen) atoms. The van der Waals surface area contributed by atoms with Crippen LogP contribution in [0.4, 0.5) is 11.4 Å². The summed E-state index contributed by atoms with van der Waals surface area (Å²) in [5, 5.41) is 18.5. The van der Waals surface area contributed by atoms with Crippen molar-refractivity contribution in [3.8, 4) is 12.1 Å². The lowest BCUT2D eigenvalue weighted by molar-refractivity contribution is 1.24. The first-order valence-corrected chi connectivity index (χ1v) is 8.69. The van der Waals surface area contributed by atoms with Gasteiger partial charge in [-0.2, -0.15) is 10.5 Å². The number of aromatic nitrogens is 1. The third kappa shape index (κ3) is 4.17. The summed E-state index contributed by atoms with van der Waals surface area (Å²) < 4.78 is 0. The molecule has 3 rings (SSSR count). The molecular formula is C23H17N5. The lowest BCUT2D eigenvalue weighted by Crippen LogP contribution is -2.05. The highest BCUT2D eigenvalue weighted by Crippen LogP contribution is 2.20. The average Bonchev–Trinajstić information content (AvgIpc) is 2.74. The molecule has 0 bridgehead atoms. The van der Waals surface area contributed by atoms with E-state index in [0.717, 1.165) is 0 Å². The van der Waals surface area contributed by atoms with Crippen molar-refractivity contribution in [3.05, 3.63) is 89.2 Å². The van der Waals surface area contributed by atoms with Crippen LogP contribution in [-0.2, 0) is 0 Å². The van der Waals surface area contributed by atoms with Crippen LogP contribution in [0.15, 0.2) is 76.7 Å². The van der Waals surface area contributed by atoms with Crippen LogP contribution in [0.3, 0.4) is 0 Å². The maximum Gasteiger partial charge on any atom is 0.101 e. The third-order valence-electron chi connectivity index (χ3n) is 4.12. The SMILES string of the molecule is CC(=Nc1ccccc1C#N)c1cccc(C(C)=Nc2ccccc2C#N)n1. The van der Waals surface area contributed by atoms with E-state index in [4.69, 9.17) is 0 Å². The molecule has 0 aliphatic heterocycles. The van der Waals surface area contributed by atoms with Crippen LogP contribution in [0.5, 0.6) is 0 Å². The third-order valence-corrected chi connectivity index (χ3v) is 4.12. The van der Waals surface area contributed by atoms with Crippen LogP contribution in [-0.4, -0.2) is 16.4 Å². The second kappa shape index (κ2) is 8.53. The number of rotatable bonds is 4. The van der Waals surface area contributed by atoms with Gasteiger partial charge in [0.15, 0.2) is 0 Å². The molecule has 0 saturated heterocycles. The molecule has 1 heterocycles. The smallest absolute Gasteiger partial charge is 0.101 e. The lowest BCUT2D eigenvalue weighted by atomic mass is 10.1. The maximum absolute atomic E-state index is 9.23. The first-order chi connectivity index (χ1) is 13.6. The van der Waals surface area contributed by atoms with Gasteiger partial charge in [-0.15, -0.1) is 0 Å². The Bertz CT molecular complexity index is 1070. The molecule has 0 spiro atoms. The zero-order valence-electron chi connectivity index (χ0n) is 15.6. The number of nitrogens with zero attached hydrogens (tertiary/aromatic N) is 5. The van der Waals surface area contributed by atoms with Crippen LogP contribution in [0.25, 0.3) is 0 Å². The first kappa shape index (κ1) is 18.7. The van der Waals surface area contributed by atoms with Crippen molar-refractivity contribution < 1.29 is 0 Å². The van der Waals surface area contributed by atoms with Gasteiger partial charge in [0, 0.05) is 0 Å². The van der Waals surface area contributed by atoms with Crippen LogP contribution in [0.2, 0.25) is 0 Å². The van der Waals surface area contributed by atoms with Crippen molar-refractivity contribution in [2.24, 2.45) is 9.98 Å². The predicted molar refractivity (Wildman–Crippen MR) is 110 cm³/mol. The molecule has 0 N–H and O–H groups in total. The maximum atomic E-state index is 9.23. The minimum Gasteiger partial charge on any atom is -0.250 e. The van der Waals surface area contributed by atoms with E-state index in [2.05, 4.69) is 27.1 Å². The van der Waals surface area contributed by atoms with Gasteiger partial charge in [0.2, 0.25) is 0 Å². The fourth-order valence-electron chi connectivity index (χ4n) is 2.64. The average molecular weight is 363 g/mol. The largest absolute Gasteiger partial charge is 0.250 e. The summed E-state index contributed by atoms with van der Waals surface area (Å²) in [7, 11) is 0. The topological polar surface area (TPSA) is 85.2 Å². The van der Waals surface area contributed by atoms with Crippen molar-refractivity contribution in [2.45, 2.75) is 13.8 Å². The second-order valence-electron chi connectivity index (χ2n) is 6.06. The van der Waals surface area contributed by atoms with Gasteiger partial charge < -0.3 is 0 Å². The number of pyridine rings is 1. The molecule has 0 unspecified atom stereocenters. The summed E-state index contributed by atoms with van der Waals surface area (Å²) >= 11 is 0. The van der Waals surface area contributed by atoms with Gasteiger partial charge in [-0.05, 0) is 50.2 Å². The highest BCUT2D eigenvalue weighted by Gasteiger charge is 2.07. The van der Waals surface area contributed by atoms with E-state index >= 15 is 0 Å². The molecule has 0 amide bonds. The summed E-state index contributed by atoms with van der Waals surface area (Å²) in [5.41, 5.74) is 5.07. The Balaban J connectivity index is 1.96. The highest BCUT2D eigenvalue weighted by atomic mass is 14.8. The van der Waals surface area contributed by atoms with Gasteiger partial charge in [-0.1, -0.05) is 30.3 Å². The lowest BCUT2D eigenvalue weighted by Gasteiger charge is -2.06. The van der Waals surface area contributed by atoms with E-state index in [1.807, 2.05) is 56.3 Å². The Labute approximate surface area is 164 Å². The van der Waals surface area contributed by atoms with Gasteiger partial charge in [0.05, 0.1) is 45.3 Å². The minimum absolute atomic E-state index is 0.517. The van der Waals surface area contributed by atoms with Crippen molar-refractivity contribution in [1.29, 1.82) is 10.5 Å². The molecule has 0 aliphatic rings. The summed E-state index contributed by atoms with van der Waals surface area (Å²) in [6, 6.07) is 24.3. The normalized spacial score (nSPS) is 11.6. The molecule has 1 aromatic heterocycles. The molecule has 134 valence electrons. The van der Waals surface area contributed by atoms with Crippen molar-refractivity contribution in [1.82, 2.24) is 4.98 Å².